The Hall–Kier alpha value is -5.39. The smallest absolute Gasteiger partial charge is 0.411 e. The molecular weight excluding hydrogens is 820 g/mol. The van der Waals surface area contributed by atoms with Gasteiger partial charge in [-0.25, -0.2) is 4.79 Å². The summed E-state index contributed by atoms with van der Waals surface area (Å²) in [6.45, 7) is 4.42. The largest absolute Gasteiger partial charge is 0.477 e. The number of anilines is 1. The Balaban J connectivity index is 0.00000704. The molecule has 2 aliphatic rings. The highest BCUT2D eigenvalue weighted by Gasteiger charge is 2.65. The number of H-pyrrole nitrogens is 1. The minimum absolute atomic E-state index is 0. The lowest BCUT2D eigenvalue weighted by molar-refractivity contribution is -0.231. The molecule has 6 N–H and O–H groups in total. The van der Waals surface area contributed by atoms with Crippen molar-refractivity contribution >= 4 is 41.8 Å². The first-order valence-electron chi connectivity index (χ1n) is 20.0. The number of hydrogen-bond acceptors (Lipinski definition) is 8. The lowest BCUT2D eigenvalue weighted by Crippen LogP contribution is -2.48. The van der Waals surface area contributed by atoms with Crippen LogP contribution >= 0.6 is 12.4 Å². The Morgan fingerprint density at radius 1 is 0.918 bits per heavy atom. The first-order chi connectivity index (χ1) is 28.5. The van der Waals surface area contributed by atoms with E-state index in [-0.39, 0.29) is 59.7 Å². The lowest BCUT2D eigenvalue weighted by Gasteiger charge is -2.35. The van der Waals surface area contributed by atoms with E-state index in [0.717, 1.165) is 61.0 Å². The van der Waals surface area contributed by atoms with Gasteiger partial charge in [-0.1, -0.05) is 30.3 Å². The highest BCUT2D eigenvalue weighted by atomic mass is 35.5. The summed E-state index contributed by atoms with van der Waals surface area (Å²) in [7, 11) is 3.95. The summed E-state index contributed by atoms with van der Waals surface area (Å²) in [4.78, 5) is 57.6. The van der Waals surface area contributed by atoms with Gasteiger partial charge in [0.15, 0.2) is 5.82 Å². The summed E-state index contributed by atoms with van der Waals surface area (Å²) < 4.78 is 55.9. The number of nitrogens with two attached hydrogens (primary N) is 1. The number of aryl methyl sites for hydroxylation is 1. The fraction of sp³-hybridized carbons (Fsp3) is 0.442. The van der Waals surface area contributed by atoms with Gasteiger partial charge in [-0.15, -0.1) is 22.6 Å². The monoisotopic (exact) mass is 870 g/mol. The fourth-order valence-corrected chi connectivity index (χ4v) is 7.84. The standard InChI is InChI=1S/C43H50F4N8O5.ClH/c1-25-22-31(39(58)55(3)33-18-20-54(2)21-19-33)14-17-34(25)28-8-4-26(5-9-28)23-35(50-37(56)30-10-6-27(24-48)7-11-30)38(57)49-32-15-12-29(13-16-32)36-51-40(53-52-36)42(44,45)43(46,47)41(59)60;/h4-5,8-9,12-17,22,27,30,33,35H,6-7,10-11,18-21,23-24,48H2,1-3H3,(H,49,57)(H,50,56)(H,59,60)(H,51,52,53);1H/t27-,30-,35-;/m0./s1. The number of alkyl halides is 4. The van der Waals surface area contributed by atoms with Crippen LogP contribution in [-0.2, 0) is 26.7 Å². The molecule has 2 heterocycles. The molecule has 1 saturated carbocycles. The molecule has 0 bridgehead atoms. The van der Waals surface area contributed by atoms with Crippen molar-refractivity contribution in [2.45, 2.75) is 75.8 Å². The Morgan fingerprint density at radius 2 is 1.54 bits per heavy atom. The van der Waals surface area contributed by atoms with Gasteiger partial charge < -0.3 is 36.3 Å². The average molecular weight is 871 g/mol. The number of aliphatic carboxylic acids is 1. The Bertz CT molecular complexity index is 2170. The van der Waals surface area contributed by atoms with Crippen molar-refractivity contribution < 1.29 is 41.8 Å². The van der Waals surface area contributed by atoms with Gasteiger partial charge in [-0.2, -0.15) is 17.6 Å². The van der Waals surface area contributed by atoms with Gasteiger partial charge in [0.2, 0.25) is 17.6 Å². The normalized spacial score (nSPS) is 18.1. The number of carboxylic acid groups (broad SMARTS) is 1. The van der Waals surface area contributed by atoms with Crippen LogP contribution in [0, 0.1) is 18.8 Å². The van der Waals surface area contributed by atoms with E-state index in [1.807, 2.05) is 66.3 Å². The quantitative estimate of drug-likeness (QED) is 0.0910. The van der Waals surface area contributed by atoms with Crippen molar-refractivity contribution in [3.8, 4) is 22.5 Å². The number of carboxylic acids is 1. The average Bonchev–Trinajstić information content (AvgIpc) is 3.75. The molecule has 61 heavy (non-hydrogen) atoms. The summed E-state index contributed by atoms with van der Waals surface area (Å²) in [6, 6.07) is 18.1. The molecule has 1 aliphatic carbocycles. The van der Waals surface area contributed by atoms with Crippen LogP contribution in [0.2, 0.25) is 0 Å². The number of nitrogens with zero attached hydrogens (tertiary/aromatic N) is 4. The minimum atomic E-state index is -5.44. The zero-order chi connectivity index (χ0) is 43.4. The van der Waals surface area contributed by atoms with E-state index < -0.39 is 35.6 Å². The summed E-state index contributed by atoms with van der Waals surface area (Å²) in [5.41, 5.74) is 10.5. The van der Waals surface area contributed by atoms with E-state index in [1.165, 1.54) is 24.3 Å². The Morgan fingerprint density at radius 3 is 2.13 bits per heavy atom. The third-order valence-corrected chi connectivity index (χ3v) is 11.8. The van der Waals surface area contributed by atoms with Crippen LogP contribution < -0.4 is 16.4 Å². The number of rotatable bonds is 14. The Kier molecular flexibility index (Phi) is 15.0. The van der Waals surface area contributed by atoms with Gasteiger partial charge in [0.25, 0.3) is 5.91 Å². The predicted octanol–water partition coefficient (Wildman–Crippen LogP) is 6.28. The van der Waals surface area contributed by atoms with Crippen molar-refractivity contribution in [2.75, 3.05) is 39.0 Å². The number of halogens is 5. The number of hydrogen-bond donors (Lipinski definition) is 5. The number of carbonyl (C=O) groups excluding carboxylic acids is 3. The second kappa shape index (κ2) is 19.5. The molecule has 3 aromatic carbocycles. The van der Waals surface area contributed by atoms with E-state index in [2.05, 4.69) is 32.8 Å². The molecule has 4 aromatic rings. The van der Waals surface area contributed by atoms with Crippen LogP contribution in [0.25, 0.3) is 22.5 Å². The zero-order valence-electron chi connectivity index (χ0n) is 34.1. The maximum atomic E-state index is 14.3. The second-order valence-electron chi connectivity index (χ2n) is 15.9. The lowest BCUT2D eigenvalue weighted by atomic mass is 9.81. The first-order valence-corrected chi connectivity index (χ1v) is 20.0. The van der Waals surface area contributed by atoms with E-state index in [1.54, 1.807) is 0 Å². The third-order valence-electron chi connectivity index (χ3n) is 11.8. The summed E-state index contributed by atoms with van der Waals surface area (Å²) in [5, 5.41) is 20.8. The number of carbonyl (C=O) groups is 4. The van der Waals surface area contributed by atoms with Gasteiger partial charge >= 0.3 is 17.8 Å². The number of nitrogens with one attached hydrogen (secondary N) is 3. The van der Waals surface area contributed by atoms with Crippen LogP contribution in [0.1, 0.15) is 65.8 Å². The molecule has 1 saturated heterocycles. The van der Waals surface area contributed by atoms with Crippen molar-refractivity contribution in [2.24, 2.45) is 17.6 Å². The molecule has 1 atom stereocenters. The SMILES string of the molecule is Cc1cc(C(=O)N(C)C2CCN(C)CC2)ccc1-c1ccc(C[C@H](NC(=O)[C@H]2CC[C@H](CN)CC2)C(=O)Nc2ccc(-c3nnc(C(F)(F)C(F)(F)C(=O)O)[nH]3)cc2)cc1.Cl. The van der Waals surface area contributed by atoms with Crippen LogP contribution in [0.15, 0.2) is 66.7 Å². The van der Waals surface area contributed by atoms with Gasteiger partial charge in [0.1, 0.15) is 6.04 Å². The maximum absolute atomic E-state index is 14.3. The summed E-state index contributed by atoms with van der Waals surface area (Å²) >= 11 is 0. The van der Waals surface area contributed by atoms with Crippen molar-refractivity contribution in [3.63, 3.8) is 0 Å². The van der Waals surface area contributed by atoms with E-state index in [0.29, 0.717) is 30.9 Å². The second-order valence-corrected chi connectivity index (χ2v) is 15.9. The molecule has 13 nitrogen and oxygen atoms in total. The van der Waals surface area contributed by atoms with Crippen LogP contribution in [-0.4, -0.2) is 106 Å². The maximum Gasteiger partial charge on any atom is 0.411 e. The molecule has 3 amide bonds. The molecule has 328 valence electrons. The topological polar surface area (TPSA) is 187 Å². The van der Waals surface area contributed by atoms with E-state index in [9.17, 15) is 36.7 Å². The number of aromatic nitrogens is 3. The van der Waals surface area contributed by atoms with Crippen LogP contribution in [0.4, 0.5) is 23.2 Å². The highest BCUT2D eigenvalue weighted by Crippen LogP contribution is 2.42. The predicted molar refractivity (Wildman–Crippen MR) is 224 cm³/mol. The molecule has 1 aromatic heterocycles. The molecule has 18 heteroatoms. The summed E-state index contributed by atoms with van der Waals surface area (Å²) in [6.07, 6.45) is 4.96. The molecule has 2 fully saturated rings. The summed E-state index contributed by atoms with van der Waals surface area (Å²) in [5.74, 6) is -16.3. The molecule has 1 aliphatic heterocycles. The molecular formula is C43H51ClF4N8O5. The number of aromatic amines is 1. The van der Waals surface area contributed by atoms with Crippen molar-refractivity contribution in [1.29, 1.82) is 0 Å². The van der Waals surface area contributed by atoms with Crippen molar-refractivity contribution in [1.82, 2.24) is 30.3 Å². The van der Waals surface area contributed by atoms with Gasteiger partial charge in [-0.3, -0.25) is 14.4 Å². The molecule has 0 unspecified atom stereocenters. The van der Waals surface area contributed by atoms with E-state index >= 15 is 0 Å². The number of piperidine rings is 1. The Labute approximate surface area is 357 Å². The minimum Gasteiger partial charge on any atom is -0.477 e. The number of amides is 3. The fourth-order valence-electron chi connectivity index (χ4n) is 7.84. The van der Waals surface area contributed by atoms with Crippen molar-refractivity contribution in [3.05, 3.63) is 89.2 Å². The number of benzene rings is 3. The first kappa shape index (κ1) is 46.7. The van der Waals surface area contributed by atoms with Gasteiger partial charge in [0, 0.05) is 42.2 Å². The van der Waals surface area contributed by atoms with Crippen LogP contribution in [0.5, 0.6) is 0 Å². The molecule has 0 spiro atoms. The zero-order valence-corrected chi connectivity index (χ0v) is 34.9. The molecule has 0 radical (unpaired) electrons. The van der Waals surface area contributed by atoms with Gasteiger partial charge in [0.05, 0.1) is 0 Å². The molecule has 6 rings (SSSR count). The highest BCUT2D eigenvalue weighted by molar-refractivity contribution is 5.98. The number of likely N-dealkylation sites (tertiary alicyclic amines) is 1. The third kappa shape index (κ3) is 10.6. The van der Waals surface area contributed by atoms with E-state index in [4.69, 9.17) is 10.8 Å². The van der Waals surface area contributed by atoms with Crippen LogP contribution in [0.3, 0.4) is 0 Å². The van der Waals surface area contributed by atoms with Gasteiger partial charge in [-0.05, 0) is 137 Å².